The summed E-state index contributed by atoms with van der Waals surface area (Å²) >= 11 is 0. The van der Waals surface area contributed by atoms with Crippen LogP contribution in [0.1, 0.15) is 43.2 Å². The molecule has 0 spiro atoms. The van der Waals surface area contributed by atoms with Crippen LogP contribution >= 0.6 is 0 Å². The molecule has 23 heavy (non-hydrogen) atoms. The van der Waals surface area contributed by atoms with Gasteiger partial charge < -0.3 is 9.88 Å². The second kappa shape index (κ2) is 4.76. The van der Waals surface area contributed by atoms with Gasteiger partial charge >= 0.3 is 6.18 Å². The summed E-state index contributed by atoms with van der Waals surface area (Å²) in [5, 5.41) is 0.183. The predicted octanol–water partition coefficient (Wildman–Crippen LogP) is 4.02. The maximum atomic E-state index is 13.5. The number of nitrogens with one attached hydrogen (secondary N) is 1. The number of pyridine rings is 1. The zero-order chi connectivity index (χ0) is 16.4. The molecule has 1 aromatic heterocycles. The van der Waals surface area contributed by atoms with Crippen LogP contribution < -0.4 is 10.5 Å². The number of H-pyrrole nitrogens is 1. The van der Waals surface area contributed by atoms with Gasteiger partial charge in [-0.3, -0.25) is 4.79 Å². The number of anilines is 1. The van der Waals surface area contributed by atoms with Gasteiger partial charge in [0.25, 0.3) is 0 Å². The third kappa shape index (κ3) is 2.00. The van der Waals surface area contributed by atoms with Crippen molar-refractivity contribution in [3.8, 4) is 0 Å². The minimum absolute atomic E-state index is 0.126. The van der Waals surface area contributed by atoms with Crippen LogP contribution in [0.5, 0.6) is 0 Å². The van der Waals surface area contributed by atoms with E-state index in [1.54, 1.807) is 6.07 Å². The van der Waals surface area contributed by atoms with Gasteiger partial charge in [0.05, 0.1) is 5.56 Å². The third-order valence-electron chi connectivity index (χ3n) is 5.23. The van der Waals surface area contributed by atoms with Crippen molar-refractivity contribution in [1.29, 1.82) is 0 Å². The molecule has 1 aromatic carbocycles. The Morgan fingerprint density at radius 3 is 2.78 bits per heavy atom. The Labute approximate surface area is 131 Å². The number of fused-ring (bicyclic) bond motifs is 5. The van der Waals surface area contributed by atoms with E-state index in [4.69, 9.17) is 0 Å². The standard InChI is InChI=1S/C17H17F3N2O/c1-2-22-12-5-3-4-9(12)15-13(22)7-6-11-16(15)10(17(18,19)20)8-14(23)21-11/h6-9,12H,2-5H2,1H3,(H,21,23). The molecule has 2 heterocycles. The molecule has 0 radical (unpaired) electrons. The largest absolute Gasteiger partial charge is 0.417 e. The Kier molecular flexibility index (Phi) is 3.02. The summed E-state index contributed by atoms with van der Waals surface area (Å²) in [4.78, 5) is 16.4. The van der Waals surface area contributed by atoms with E-state index in [-0.39, 0.29) is 22.9 Å². The van der Waals surface area contributed by atoms with E-state index in [0.29, 0.717) is 6.07 Å². The molecule has 4 rings (SSSR count). The van der Waals surface area contributed by atoms with Gasteiger partial charge in [-0.25, -0.2) is 0 Å². The number of hydrogen-bond acceptors (Lipinski definition) is 2. The van der Waals surface area contributed by atoms with E-state index in [9.17, 15) is 18.0 Å². The van der Waals surface area contributed by atoms with E-state index >= 15 is 0 Å². The lowest BCUT2D eigenvalue weighted by atomic mass is 9.91. The number of aromatic nitrogens is 1. The van der Waals surface area contributed by atoms with Gasteiger partial charge in [0.15, 0.2) is 0 Å². The summed E-state index contributed by atoms with van der Waals surface area (Å²) in [6.07, 6.45) is -1.58. The van der Waals surface area contributed by atoms with Crippen LogP contribution in [0.2, 0.25) is 0 Å². The van der Waals surface area contributed by atoms with E-state index in [1.807, 2.05) is 13.0 Å². The molecule has 0 amide bonds. The molecule has 122 valence electrons. The lowest BCUT2D eigenvalue weighted by Crippen LogP contribution is -2.30. The molecule has 1 N–H and O–H groups in total. The molecule has 6 heteroatoms. The lowest BCUT2D eigenvalue weighted by Gasteiger charge is -2.25. The van der Waals surface area contributed by atoms with E-state index < -0.39 is 17.3 Å². The first-order chi connectivity index (χ1) is 10.9. The summed E-state index contributed by atoms with van der Waals surface area (Å²) in [6.45, 7) is 2.82. The molecular formula is C17H17F3N2O. The van der Waals surface area contributed by atoms with Crippen molar-refractivity contribution in [3.05, 3.63) is 39.7 Å². The Hall–Kier alpha value is -1.98. The number of aromatic amines is 1. The SMILES string of the molecule is CCN1c2ccc3[nH]c(=O)cc(C(F)(F)F)c3c2C2CCCC21. The second-order valence-electron chi connectivity index (χ2n) is 6.36. The highest BCUT2D eigenvalue weighted by Crippen LogP contribution is 2.52. The number of rotatable bonds is 1. The van der Waals surface area contributed by atoms with Crippen molar-refractivity contribution in [1.82, 2.24) is 4.98 Å². The van der Waals surface area contributed by atoms with E-state index in [2.05, 4.69) is 9.88 Å². The Bertz CT molecular complexity index is 840. The fourth-order valence-corrected chi connectivity index (χ4v) is 4.46. The van der Waals surface area contributed by atoms with Crippen molar-refractivity contribution >= 4 is 16.6 Å². The van der Waals surface area contributed by atoms with Gasteiger partial charge in [-0.2, -0.15) is 13.2 Å². The highest BCUT2D eigenvalue weighted by molar-refractivity contribution is 5.93. The van der Waals surface area contributed by atoms with Crippen molar-refractivity contribution in [2.45, 2.75) is 44.3 Å². The Morgan fingerprint density at radius 2 is 2.09 bits per heavy atom. The number of nitrogens with zero attached hydrogens (tertiary/aromatic N) is 1. The maximum absolute atomic E-state index is 13.5. The highest BCUT2D eigenvalue weighted by Gasteiger charge is 2.44. The van der Waals surface area contributed by atoms with Crippen molar-refractivity contribution < 1.29 is 13.2 Å². The van der Waals surface area contributed by atoms with Gasteiger partial charge in [-0.1, -0.05) is 6.42 Å². The third-order valence-corrected chi connectivity index (χ3v) is 5.23. The van der Waals surface area contributed by atoms with Gasteiger partial charge in [-0.15, -0.1) is 0 Å². The van der Waals surface area contributed by atoms with Crippen molar-refractivity contribution in [2.75, 3.05) is 11.4 Å². The van der Waals surface area contributed by atoms with E-state index in [0.717, 1.165) is 37.1 Å². The lowest BCUT2D eigenvalue weighted by molar-refractivity contribution is -0.136. The normalized spacial score (nSPS) is 23.4. The first-order valence-electron chi connectivity index (χ1n) is 7.95. The summed E-state index contributed by atoms with van der Waals surface area (Å²) in [7, 11) is 0. The smallest absolute Gasteiger partial charge is 0.368 e. The number of halogens is 3. The molecule has 1 fully saturated rings. The predicted molar refractivity (Wildman–Crippen MR) is 83.0 cm³/mol. The summed E-state index contributed by atoms with van der Waals surface area (Å²) < 4.78 is 40.6. The maximum Gasteiger partial charge on any atom is 0.417 e. The first kappa shape index (κ1) is 14.6. The van der Waals surface area contributed by atoms with E-state index in [1.165, 1.54) is 0 Å². The molecule has 1 saturated carbocycles. The fraction of sp³-hybridized carbons (Fsp3) is 0.471. The summed E-state index contributed by atoms with van der Waals surface area (Å²) in [5.41, 5.74) is 0.435. The Morgan fingerprint density at radius 1 is 1.30 bits per heavy atom. The van der Waals surface area contributed by atoms with Gasteiger partial charge in [0, 0.05) is 41.2 Å². The molecule has 2 unspecified atom stereocenters. The number of benzene rings is 1. The minimum Gasteiger partial charge on any atom is -0.368 e. The van der Waals surface area contributed by atoms with Crippen molar-refractivity contribution in [3.63, 3.8) is 0 Å². The van der Waals surface area contributed by atoms with Crippen LogP contribution in [0.25, 0.3) is 10.9 Å². The molecule has 2 atom stereocenters. The molecule has 0 bridgehead atoms. The van der Waals surface area contributed by atoms with Crippen LogP contribution in [0.3, 0.4) is 0 Å². The Balaban J connectivity index is 2.10. The second-order valence-corrected chi connectivity index (χ2v) is 6.36. The van der Waals surface area contributed by atoms with Crippen LogP contribution in [0.15, 0.2) is 23.0 Å². The summed E-state index contributed by atoms with van der Waals surface area (Å²) in [5.74, 6) is 0.126. The molecule has 1 aliphatic carbocycles. The molecule has 3 nitrogen and oxygen atoms in total. The highest BCUT2D eigenvalue weighted by atomic mass is 19.4. The molecule has 2 aliphatic rings. The van der Waals surface area contributed by atoms with Crippen molar-refractivity contribution in [2.24, 2.45) is 0 Å². The summed E-state index contributed by atoms with van der Waals surface area (Å²) in [6, 6.07) is 4.44. The first-order valence-corrected chi connectivity index (χ1v) is 7.95. The zero-order valence-corrected chi connectivity index (χ0v) is 12.7. The van der Waals surface area contributed by atoms with Gasteiger partial charge in [0.2, 0.25) is 5.56 Å². The number of hydrogen-bond donors (Lipinski definition) is 1. The van der Waals surface area contributed by atoms with Crippen LogP contribution in [0.4, 0.5) is 18.9 Å². The fourth-order valence-electron chi connectivity index (χ4n) is 4.46. The topological polar surface area (TPSA) is 36.1 Å². The average molecular weight is 322 g/mol. The van der Waals surface area contributed by atoms with Gasteiger partial charge in [-0.05, 0) is 37.5 Å². The molecule has 2 aromatic rings. The zero-order valence-electron chi connectivity index (χ0n) is 12.7. The monoisotopic (exact) mass is 322 g/mol. The number of alkyl halides is 3. The number of likely N-dealkylation sites (N-methyl/N-ethyl adjacent to an activating group) is 1. The van der Waals surface area contributed by atoms with Crippen LogP contribution in [-0.4, -0.2) is 17.6 Å². The van der Waals surface area contributed by atoms with Crippen LogP contribution in [-0.2, 0) is 6.18 Å². The quantitative estimate of drug-likeness (QED) is 0.861. The molecular weight excluding hydrogens is 305 g/mol. The minimum atomic E-state index is -4.53. The molecule has 1 aliphatic heterocycles. The average Bonchev–Trinajstić information content (AvgIpc) is 3.04. The van der Waals surface area contributed by atoms with Crippen LogP contribution in [0, 0.1) is 0 Å². The van der Waals surface area contributed by atoms with Gasteiger partial charge in [0.1, 0.15) is 0 Å². The molecule has 0 saturated heterocycles.